The number of carbonyl (C=O) groups is 1. The van der Waals surface area contributed by atoms with E-state index in [9.17, 15) is 4.79 Å². The Balaban J connectivity index is 0.00000144. The van der Waals surface area contributed by atoms with Gasteiger partial charge in [-0.2, -0.15) is 0 Å². The molecule has 0 aliphatic heterocycles. The molecule has 0 aromatic heterocycles. The van der Waals surface area contributed by atoms with Crippen LogP contribution in [-0.2, 0) is 4.79 Å². The molecule has 100 valence electrons. The zero-order chi connectivity index (χ0) is 12.1. The van der Waals surface area contributed by atoms with E-state index in [1.807, 2.05) is 0 Å². The van der Waals surface area contributed by atoms with Crippen LogP contribution in [0.1, 0.15) is 40.0 Å². The van der Waals surface area contributed by atoms with Crippen LogP contribution < -0.4 is 0 Å². The van der Waals surface area contributed by atoms with E-state index in [0.29, 0.717) is 17.6 Å². The van der Waals surface area contributed by atoms with Crippen molar-refractivity contribution in [3.63, 3.8) is 0 Å². The van der Waals surface area contributed by atoms with Gasteiger partial charge in [-0.3, -0.25) is 4.79 Å². The summed E-state index contributed by atoms with van der Waals surface area (Å²) in [6.07, 6.45) is 3.42. The highest BCUT2D eigenvalue weighted by Gasteiger charge is 2.65. The topological polar surface area (TPSA) is 20.3 Å². The molecular weight excluding hydrogens is 234 g/mol. The monoisotopic (exact) mass is 259 g/mol. The summed E-state index contributed by atoms with van der Waals surface area (Å²) in [7, 11) is 4.18. The summed E-state index contributed by atoms with van der Waals surface area (Å²) < 4.78 is 0. The van der Waals surface area contributed by atoms with Crippen molar-refractivity contribution in [2.75, 3.05) is 20.6 Å². The maximum absolute atomic E-state index is 12.5. The Hall–Kier alpha value is -0.0800. The molecule has 2 aliphatic carbocycles. The Kier molecular flexibility index (Phi) is 4.01. The van der Waals surface area contributed by atoms with Gasteiger partial charge in [0.2, 0.25) is 0 Å². The van der Waals surface area contributed by atoms with E-state index in [1.54, 1.807) is 0 Å². The predicted octanol–water partition coefficient (Wildman–Crippen LogP) is 3.00. The molecule has 2 saturated carbocycles. The minimum Gasteiger partial charge on any atom is -0.309 e. The second-order valence-electron chi connectivity index (χ2n) is 6.76. The lowest BCUT2D eigenvalue weighted by Gasteiger charge is -2.32. The van der Waals surface area contributed by atoms with E-state index in [1.165, 1.54) is 6.42 Å². The average Bonchev–Trinajstić information content (AvgIpc) is 2.47. The number of halogens is 1. The van der Waals surface area contributed by atoms with Gasteiger partial charge in [-0.1, -0.05) is 20.8 Å². The lowest BCUT2D eigenvalue weighted by Crippen LogP contribution is -2.34. The first-order valence-corrected chi connectivity index (χ1v) is 6.50. The number of nitrogens with zero attached hydrogens (tertiary/aromatic N) is 1. The Morgan fingerprint density at radius 2 is 1.88 bits per heavy atom. The largest absolute Gasteiger partial charge is 0.309 e. The number of carbonyl (C=O) groups excluding carboxylic acids is 1. The molecule has 3 unspecified atom stereocenters. The van der Waals surface area contributed by atoms with Gasteiger partial charge >= 0.3 is 0 Å². The molecule has 0 aromatic carbocycles. The minimum atomic E-state index is -0.0331. The minimum absolute atomic E-state index is 0. The Morgan fingerprint density at radius 1 is 1.29 bits per heavy atom. The van der Waals surface area contributed by atoms with Crippen molar-refractivity contribution < 1.29 is 4.79 Å². The summed E-state index contributed by atoms with van der Waals surface area (Å²) in [4.78, 5) is 14.7. The van der Waals surface area contributed by atoms with Crippen molar-refractivity contribution in [2.24, 2.45) is 22.7 Å². The van der Waals surface area contributed by atoms with Crippen LogP contribution in [0.2, 0.25) is 0 Å². The molecule has 2 aliphatic rings. The highest BCUT2D eigenvalue weighted by molar-refractivity contribution is 5.91. The van der Waals surface area contributed by atoms with Gasteiger partial charge in [0.1, 0.15) is 5.78 Å². The Bertz CT molecular complexity index is 313. The number of Topliss-reactive ketones (excluding diaryl/α,β-unsaturated/α-hetero) is 1. The van der Waals surface area contributed by atoms with E-state index in [-0.39, 0.29) is 23.2 Å². The normalized spacial score (nSPS) is 38.6. The van der Waals surface area contributed by atoms with Crippen LogP contribution in [0.25, 0.3) is 0 Å². The third-order valence-corrected chi connectivity index (χ3v) is 5.56. The number of ketones is 1. The average molecular weight is 260 g/mol. The van der Waals surface area contributed by atoms with Gasteiger partial charge in [-0.25, -0.2) is 0 Å². The third-order valence-electron chi connectivity index (χ3n) is 5.56. The Labute approximate surface area is 112 Å². The fourth-order valence-electron chi connectivity index (χ4n) is 4.00. The molecule has 0 spiro atoms. The van der Waals surface area contributed by atoms with E-state index < -0.39 is 0 Å². The molecule has 3 heteroatoms. The fraction of sp³-hybridized carbons (Fsp3) is 0.929. The number of hydrogen-bond acceptors (Lipinski definition) is 2. The molecule has 2 fully saturated rings. The van der Waals surface area contributed by atoms with Gasteiger partial charge < -0.3 is 4.90 Å². The lowest BCUT2D eigenvalue weighted by atomic mass is 9.70. The second-order valence-corrected chi connectivity index (χ2v) is 6.76. The van der Waals surface area contributed by atoms with Gasteiger partial charge in [0.15, 0.2) is 0 Å². The Morgan fingerprint density at radius 3 is 2.29 bits per heavy atom. The van der Waals surface area contributed by atoms with E-state index in [2.05, 4.69) is 39.8 Å². The van der Waals surface area contributed by atoms with Crippen LogP contribution in [-0.4, -0.2) is 31.3 Å². The standard InChI is InChI=1S/C14H25NO.ClH/c1-13(2)11-6-8-14(13,3)12(16)10(11)7-9-15(4)5;/h10-11H,6-9H2,1-5H3;1H. The van der Waals surface area contributed by atoms with Crippen LogP contribution in [0.5, 0.6) is 0 Å². The summed E-state index contributed by atoms with van der Waals surface area (Å²) in [5.74, 6) is 1.51. The van der Waals surface area contributed by atoms with E-state index in [4.69, 9.17) is 0 Å². The first kappa shape index (κ1) is 15.0. The molecule has 2 rings (SSSR count). The lowest BCUT2D eigenvalue weighted by molar-refractivity contribution is -0.131. The van der Waals surface area contributed by atoms with Crippen LogP contribution in [0.4, 0.5) is 0 Å². The molecule has 17 heavy (non-hydrogen) atoms. The zero-order valence-electron chi connectivity index (χ0n) is 11.7. The molecule has 0 aromatic rings. The maximum Gasteiger partial charge on any atom is 0.142 e. The van der Waals surface area contributed by atoms with E-state index in [0.717, 1.165) is 19.4 Å². The first-order valence-electron chi connectivity index (χ1n) is 6.50. The summed E-state index contributed by atoms with van der Waals surface area (Å²) in [6, 6.07) is 0. The van der Waals surface area contributed by atoms with Gasteiger partial charge in [0.05, 0.1) is 0 Å². The number of rotatable bonds is 3. The molecule has 0 amide bonds. The third kappa shape index (κ3) is 1.94. The molecule has 2 bridgehead atoms. The van der Waals surface area contributed by atoms with Crippen molar-refractivity contribution in [3.05, 3.63) is 0 Å². The van der Waals surface area contributed by atoms with Gasteiger partial charge in [-0.05, 0) is 51.2 Å². The molecule has 0 N–H and O–H groups in total. The van der Waals surface area contributed by atoms with Crippen molar-refractivity contribution in [1.29, 1.82) is 0 Å². The second kappa shape index (κ2) is 4.55. The smallest absolute Gasteiger partial charge is 0.142 e. The molecule has 0 saturated heterocycles. The molecule has 3 atom stereocenters. The van der Waals surface area contributed by atoms with E-state index >= 15 is 0 Å². The van der Waals surface area contributed by atoms with Crippen LogP contribution in [0.3, 0.4) is 0 Å². The maximum atomic E-state index is 12.5. The molecule has 2 nitrogen and oxygen atoms in total. The van der Waals surface area contributed by atoms with Gasteiger partial charge in [0.25, 0.3) is 0 Å². The zero-order valence-corrected chi connectivity index (χ0v) is 12.6. The van der Waals surface area contributed by atoms with Crippen LogP contribution >= 0.6 is 12.4 Å². The van der Waals surface area contributed by atoms with Crippen LogP contribution in [0, 0.1) is 22.7 Å². The summed E-state index contributed by atoms with van der Waals surface area (Å²) in [5, 5.41) is 0. The highest BCUT2D eigenvalue weighted by atomic mass is 35.5. The summed E-state index contributed by atoms with van der Waals surface area (Å²) >= 11 is 0. The number of fused-ring (bicyclic) bond motifs is 2. The van der Waals surface area contributed by atoms with Crippen molar-refractivity contribution in [2.45, 2.75) is 40.0 Å². The predicted molar refractivity (Wildman–Crippen MR) is 73.5 cm³/mol. The van der Waals surface area contributed by atoms with Crippen molar-refractivity contribution in [3.8, 4) is 0 Å². The van der Waals surface area contributed by atoms with Crippen molar-refractivity contribution in [1.82, 2.24) is 4.90 Å². The summed E-state index contributed by atoms with van der Waals surface area (Å²) in [6.45, 7) is 7.85. The highest BCUT2D eigenvalue weighted by Crippen LogP contribution is 2.66. The van der Waals surface area contributed by atoms with Gasteiger partial charge in [0, 0.05) is 11.3 Å². The number of hydrogen-bond donors (Lipinski definition) is 0. The first-order chi connectivity index (χ1) is 7.30. The van der Waals surface area contributed by atoms with Gasteiger partial charge in [-0.15, -0.1) is 12.4 Å². The quantitative estimate of drug-likeness (QED) is 0.777. The summed E-state index contributed by atoms with van der Waals surface area (Å²) in [5.41, 5.74) is 0.190. The van der Waals surface area contributed by atoms with Crippen molar-refractivity contribution >= 4 is 18.2 Å². The molecule has 0 radical (unpaired) electrons. The SMILES string of the molecule is CN(C)CCC1C(=O)C2(C)CCC1C2(C)C.Cl. The fourth-order valence-corrected chi connectivity index (χ4v) is 4.00. The van der Waals surface area contributed by atoms with Crippen LogP contribution in [0.15, 0.2) is 0 Å². The molecular formula is C14H26ClNO. The molecule has 0 heterocycles.